The van der Waals surface area contributed by atoms with Gasteiger partial charge in [0.2, 0.25) is 0 Å². The van der Waals surface area contributed by atoms with Crippen LogP contribution in [0.25, 0.3) is 0 Å². The highest BCUT2D eigenvalue weighted by molar-refractivity contribution is 5.93. The van der Waals surface area contributed by atoms with Crippen molar-refractivity contribution in [3.63, 3.8) is 0 Å². The molecule has 0 fully saturated rings. The highest BCUT2D eigenvalue weighted by Gasteiger charge is 2.14. The average molecular weight is 293 g/mol. The molecule has 1 heterocycles. The van der Waals surface area contributed by atoms with Gasteiger partial charge in [0.15, 0.2) is 0 Å². The lowest BCUT2D eigenvalue weighted by Gasteiger charge is -2.30. The van der Waals surface area contributed by atoms with Crippen LogP contribution in [0.2, 0.25) is 0 Å². The minimum Gasteiger partial charge on any atom is -0.364 e. The van der Waals surface area contributed by atoms with Crippen LogP contribution in [0, 0.1) is 0 Å². The van der Waals surface area contributed by atoms with E-state index in [1.165, 1.54) is 12.4 Å². The standard InChI is InChI=1S/C14H23N5O2/c1-9(2)19(10(3)4)6-5-16-14(21)12-8-17-11(7-18-12)13(15)20/h7-10H,5-6H2,1-4H3,(H2,15,20)(H,16,21). The molecule has 0 radical (unpaired) electrons. The van der Waals surface area contributed by atoms with E-state index >= 15 is 0 Å². The topological polar surface area (TPSA) is 101 Å². The largest absolute Gasteiger partial charge is 0.364 e. The summed E-state index contributed by atoms with van der Waals surface area (Å²) in [6.45, 7) is 9.76. The molecule has 0 spiro atoms. The lowest BCUT2D eigenvalue weighted by atomic mass is 10.2. The maximum Gasteiger partial charge on any atom is 0.271 e. The Labute approximate surface area is 124 Å². The van der Waals surface area contributed by atoms with Crippen molar-refractivity contribution in [2.75, 3.05) is 13.1 Å². The molecular formula is C14H23N5O2. The molecule has 0 saturated heterocycles. The van der Waals surface area contributed by atoms with Crippen LogP contribution >= 0.6 is 0 Å². The molecular weight excluding hydrogens is 270 g/mol. The summed E-state index contributed by atoms with van der Waals surface area (Å²) in [7, 11) is 0. The molecule has 7 nitrogen and oxygen atoms in total. The van der Waals surface area contributed by atoms with Crippen molar-refractivity contribution in [1.29, 1.82) is 0 Å². The maximum absolute atomic E-state index is 11.9. The molecule has 0 aromatic carbocycles. The van der Waals surface area contributed by atoms with E-state index in [2.05, 4.69) is 47.9 Å². The number of carbonyl (C=O) groups excluding carboxylic acids is 2. The lowest BCUT2D eigenvalue weighted by molar-refractivity contribution is 0.0931. The summed E-state index contributed by atoms with van der Waals surface area (Å²) in [6.07, 6.45) is 2.45. The van der Waals surface area contributed by atoms with Crippen LogP contribution in [0.5, 0.6) is 0 Å². The monoisotopic (exact) mass is 293 g/mol. The predicted molar refractivity (Wildman–Crippen MR) is 79.9 cm³/mol. The average Bonchev–Trinajstić information content (AvgIpc) is 2.42. The van der Waals surface area contributed by atoms with Crippen LogP contribution in [-0.2, 0) is 0 Å². The van der Waals surface area contributed by atoms with Gasteiger partial charge < -0.3 is 11.1 Å². The van der Waals surface area contributed by atoms with Gasteiger partial charge in [-0.15, -0.1) is 0 Å². The van der Waals surface area contributed by atoms with E-state index in [0.717, 1.165) is 6.54 Å². The highest BCUT2D eigenvalue weighted by atomic mass is 16.2. The van der Waals surface area contributed by atoms with Gasteiger partial charge in [-0.1, -0.05) is 0 Å². The number of hydrogen-bond donors (Lipinski definition) is 2. The van der Waals surface area contributed by atoms with Gasteiger partial charge in [-0.2, -0.15) is 0 Å². The van der Waals surface area contributed by atoms with Gasteiger partial charge in [0, 0.05) is 25.2 Å². The second kappa shape index (κ2) is 7.68. The van der Waals surface area contributed by atoms with Crippen molar-refractivity contribution in [2.24, 2.45) is 5.73 Å². The predicted octanol–water partition coefficient (Wildman–Crippen LogP) is 0.424. The van der Waals surface area contributed by atoms with E-state index in [-0.39, 0.29) is 17.3 Å². The Morgan fingerprint density at radius 3 is 2.10 bits per heavy atom. The van der Waals surface area contributed by atoms with Gasteiger partial charge in [-0.05, 0) is 27.7 Å². The van der Waals surface area contributed by atoms with E-state index < -0.39 is 5.91 Å². The molecule has 0 aliphatic heterocycles. The zero-order valence-corrected chi connectivity index (χ0v) is 13.0. The van der Waals surface area contributed by atoms with Gasteiger partial charge in [0.05, 0.1) is 12.4 Å². The van der Waals surface area contributed by atoms with E-state index in [1.807, 2.05) is 0 Å². The first kappa shape index (κ1) is 17.0. The number of rotatable bonds is 7. The molecule has 0 atom stereocenters. The zero-order valence-electron chi connectivity index (χ0n) is 13.0. The van der Waals surface area contributed by atoms with E-state index in [0.29, 0.717) is 18.6 Å². The molecule has 116 valence electrons. The van der Waals surface area contributed by atoms with Crippen LogP contribution in [0.1, 0.15) is 48.7 Å². The molecule has 0 aliphatic carbocycles. The molecule has 1 aromatic rings. The Balaban J connectivity index is 2.52. The summed E-state index contributed by atoms with van der Waals surface area (Å²) in [5.74, 6) is -0.982. The number of nitrogens with zero attached hydrogens (tertiary/aromatic N) is 3. The number of hydrogen-bond acceptors (Lipinski definition) is 5. The summed E-state index contributed by atoms with van der Waals surface area (Å²) in [4.78, 5) is 32.7. The van der Waals surface area contributed by atoms with Crippen molar-refractivity contribution >= 4 is 11.8 Å². The number of nitrogens with two attached hydrogens (primary N) is 1. The summed E-state index contributed by atoms with van der Waals surface area (Å²) >= 11 is 0. The Kier molecular flexibility index (Phi) is 6.23. The van der Waals surface area contributed by atoms with Gasteiger partial charge in [0.1, 0.15) is 11.4 Å². The molecule has 3 N–H and O–H groups in total. The SMILES string of the molecule is CC(C)N(CCNC(=O)c1cnc(C(N)=O)cn1)C(C)C. The minimum absolute atomic E-state index is 0.0392. The van der Waals surface area contributed by atoms with E-state index in [1.54, 1.807) is 0 Å². The number of primary amides is 1. The maximum atomic E-state index is 11.9. The van der Waals surface area contributed by atoms with Crippen LogP contribution < -0.4 is 11.1 Å². The zero-order chi connectivity index (χ0) is 16.0. The smallest absolute Gasteiger partial charge is 0.271 e. The fraction of sp³-hybridized carbons (Fsp3) is 0.571. The van der Waals surface area contributed by atoms with Gasteiger partial charge in [-0.25, -0.2) is 9.97 Å². The number of carbonyl (C=O) groups is 2. The summed E-state index contributed by atoms with van der Waals surface area (Å²) in [5, 5.41) is 2.79. The number of nitrogens with one attached hydrogen (secondary N) is 1. The Hall–Kier alpha value is -2.02. The second-order valence-corrected chi connectivity index (χ2v) is 5.33. The fourth-order valence-electron chi connectivity index (χ4n) is 2.07. The first-order chi connectivity index (χ1) is 9.82. The van der Waals surface area contributed by atoms with Crippen molar-refractivity contribution in [3.8, 4) is 0 Å². The Morgan fingerprint density at radius 1 is 1.14 bits per heavy atom. The van der Waals surface area contributed by atoms with Crippen molar-refractivity contribution < 1.29 is 9.59 Å². The molecule has 0 saturated carbocycles. The van der Waals surface area contributed by atoms with Crippen LogP contribution in [0.4, 0.5) is 0 Å². The van der Waals surface area contributed by atoms with Gasteiger partial charge >= 0.3 is 0 Å². The molecule has 1 rings (SSSR count). The van der Waals surface area contributed by atoms with Gasteiger partial charge in [0.25, 0.3) is 11.8 Å². The third-order valence-electron chi connectivity index (χ3n) is 3.12. The van der Waals surface area contributed by atoms with Crippen molar-refractivity contribution in [1.82, 2.24) is 20.2 Å². The molecule has 2 amide bonds. The normalized spacial score (nSPS) is 11.2. The molecule has 7 heteroatoms. The fourth-order valence-corrected chi connectivity index (χ4v) is 2.07. The van der Waals surface area contributed by atoms with Crippen molar-refractivity contribution in [2.45, 2.75) is 39.8 Å². The van der Waals surface area contributed by atoms with Crippen molar-refractivity contribution in [3.05, 3.63) is 23.8 Å². The second-order valence-electron chi connectivity index (χ2n) is 5.33. The van der Waals surface area contributed by atoms with Crippen LogP contribution in [0.3, 0.4) is 0 Å². The molecule has 1 aromatic heterocycles. The number of aromatic nitrogens is 2. The summed E-state index contributed by atoms with van der Waals surface area (Å²) in [6, 6.07) is 0.827. The third kappa shape index (κ3) is 5.11. The van der Waals surface area contributed by atoms with E-state index in [9.17, 15) is 9.59 Å². The molecule has 21 heavy (non-hydrogen) atoms. The first-order valence-corrected chi connectivity index (χ1v) is 6.98. The Bertz CT molecular complexity index is 477. The summed E-state index contributed by atoms with van der Waals surface area (Å²) < 4.78 is 0. The Morgan fingerprint density at radius 2 is 1.67 bits per heavy atom. The highest BCUT2D eigenvalue weighted by Crippen LogP contribution is 2.03. The summed E-state index contributed by atoms with van der Waals surface area (Å²) in [5.41, 5.74) is 5.27. The quantitative estimate of drug-likeness (QED) is 0.759. The minimum atomic E-state index is -0.668. The molecule has 0 bridgehead atoms. The number of amides is 2. The molecule has 0 unspecified atom stereocenters. The van der Waals surface area contributed by atoms with Crippen LogP contribution in [-0.4, -0.2) is 51.9 Å². The lowest BCUT2D eigenvalue weighted by Crippen LogP contribution is -2.42. The molecule has 0 aliphatic rings. The van der Waals surface area contributed by atoms with Gasteiger partial charge in [-0.3, -0.25) is 14.5 Å². The third-order valence-corrected chi connectivity index (χ3v) is 3.12. The van der Waals surface area contributed by atoms with E-state index in [4.69, 9.17) is 5.73 Å². The van der Waals surface area contributed by atoms with Crippen LogP contribution in [0.15, 0.2) is 12.4 Å². The first-order valence-electron chi connectivity index (χ1n) is 6.98.